The summed E-state index contributed by atoms with van der Waals surface area (Å²) in [6.07, 6.45) is 1.72. The van der Waals surface area contributed by atoms with Crippen LogP contribution >= 0.6 is 0 Å². The van der Waals surface area contributed by atoms with Gasteiger partial charge in [-0.2, -0.15) is 0 Å². The maximum atomic E-state index is 5.56. The van der Waals surface area contributed by atoms with Gasteiger partial charge >= 0.3 is 0 Å². The highest BCUT2D eigenvalue weighted by Gasteiger charge is 2.29. The van der Waals surface area contributed by atoms with Crippen LogP contribution in [0.15, 0.2) is 0 Å². The largest absolute Gasteiger partial charge is 0.350 e. The SMILES string of the molecule is CC(C)O[C@H]1C[C@H](C)[C@H](C)O1. The zero-order valence-electron chi connectivity index (χ0n) is 7.83. The van der Waals surface area contributed by atoms with Crippen LogP contribution in [-0.4, -0.2) is 18.5 Å². The Bertz CT molecular complexity index is 110. The third-order valence-electron chi connectivity index (χ3n) is 2.16. The van der Waals surface area contributed by atoms with Crippen LogP contribution in [0.3, 0.4) is 0 Å². The van der Waals surface area contributed by atoms with Crippen molar-refractivity contribution in [2.75, 3.05) is 0 Å². The van der Waals surface area contributed by atoms with E-state index in [-0.39, 0.29) is 12.4 Å². The molecule has 1 heterocycles. The van der Waals surface area contributed by atoms with Crippen LogP contribution < -0.4 is 0 Å². The summed E-state index contributed by atoms with van der Waals surface area (Å²) >= 11 is 0. The van der Waals surface area contributed by atoms with Crippen LogP contribution in [0.25, 0.3) is 0 Å². The van der Waals surface area contributed by atoms with Crippen LogP contribution in [0.4, 0.5) is 0 Å². The van der Waals surface area contributed by atoms with E-state index in [4.69, 9.17) is 9.47 Å². The molecule has 1 aliphatic heterocycles. The Morgan fingerprint density at radius 2 is 2.00 bits per heavy atom. The molecule has 3 atom stereocenters. The van der Waals surface area contributed by atoms with Crippen molar-refractivity contribution in [3.05, 3.63) is 0 Å². The van der Waals surface area contributed by atoms with E-state index in [0.717, 1.165) is 6.42 Å². The van der Waals surface area contributed by atoms with Crippen molar-refractivity contribution in [3.63, 3.8) is 0 Å². The van der Waals surface area contributed by atoms with Gasteiger partial charge in [0.25, 0.3) is 0 Å². The summed E-state index contributed by atoms with van der Waals surface area (Å²) in [6.45, 7) is 8.39. The van der Waals surface area contributed by atoms with Gasteiger partial charge in [0, 0.05) is 6.42 Å². The van der Waals surface area contributed by atoms with Crippen molar-refractivity contribution < 1.29 is 9.47 Å². The fourth-order valence-corrected chi connectivity index (χ4v) is 1.32. The summed E-state index contributed by atoms with van der Waals surface area (Å²) in [5.41, 5.74) is 0. The van der Waals surface area contributed by atoms with Crippen LogP contribution in [-0.2, 0) is 9.47 Å². The van der Waals surface area contributed by atoms with Gasteiger partial charge in [-0.3, -0.25) is 0 Å². The molecule has 0 saturated carbocycles. The molecule has 2 nitrogen and oxygen atoms in total. The lowest BCUT2D eigenvalue weighted by Crippen LogP contribution is -2.17. The van der Waals surface area contributed by atoms with Gasteiger partial charge in [0.15, 0.2) is 6.29 Å². The smallest absolute Gasteiger partial charge is 0.158 e. The fraction of sp³-hybridized carbons (Fsp3) is 1.00. The molecule has 0 bridgehead atoms. The van der Waals surface area contributed by atoms with Crippen LogP contribution in [0.2, 0.25) is 0 Å². The monoisotopic (exact) mass is 158 g/mol. The Balaban J connectivity index is 2.29. The molecule has 0 aromatic heterocycles. The van der Waals surface area contributed by atoms with Gasteiger partial charge in [-0.05, 0) is 26.7 Å². The molecule has 1 rings (SSSR count). The molecule has 11 heavy (non-hydrogen) atoms. The lowest BCUT2D eigenvalue weighted by Gasteiger charge is -2.14. The lowest BCUT2D eigenvalue weighted by atomic mass is 10.1. The Morgan fingerprint density at radius 1 is 1.36 bits per heavy atom. The highest BCUT2D eigenvalue weighted by Crippen LogP contribution is 2.26. The second-order valence-electron chi connectivity index (χ2n) is 3.67. The Morgan fingerprint density at radius 3 is 2.36 bits per heavy atom. The predicted molar refractivity (Wildman–Crippen MR) is 44.3 cm³/mol. The van der Waals surface area contributed by atoms with E-state index in [9.17, 15) is 0 Å². The molecule has 0 unspecified atom stereocenters. The molecule has 0 radical (unpaired) electrons. The second-order valence-corrected chi connectivity index (χ2v) is 3.67. The molecule has 66 valence electrons. The molecule has 0 aliphatic carbocycles. The van der Waals surface area contributed by atoms with Gasteiger partial charge < -0.3 is 9.47 Å². The summed E-state index contributed by atoms with van der Waals surface area (Å²) in [4.78, 5) is 0. The zero-order valence-corrected chi connectivity index (χ0v) is 7.83. The van der Waals surface area contributed by atoms with Crippen molar-refractivity contribution >= 4 is 0 Å². The summed E-state index contributed by atoms with van der Waals surface area (Å²) in [5.74, 6) is 0.638. The first kappa shape index (κ1) is 9.01. The molecule has 0 aromatic carbocycles. The van der Waals surface area contributed by atoms with Crippen LogP contribution in [0.5, 0.6) is 0 Å². The summed E-state index contributed by atoms with van der Waals surface area (Å²) in [7, 11) is 0. The standard InChI is InChI=1S/C9H18O2/c1-6(2)10-9-5-7(3)8(4)11-9/h6-9H,5H2,1-4H3/t7-,8-,9+/m0/s1. The molecule has 1 fully saturated rings. The van der Waals surface area contributed by atoms with E-state index in [2.05, 4.69) is 13.8 Å². The second kappa shape index (κ2) is 3.55. The van der Waals surface area contributed by atoms with Gasteiger partial charge in [0.1, 0.15) is 0 Å². The topological polar surface area (TPSA) is 18.5 Å². The molecule has 0 amide bonds. The number of hydrogen-bond donors (Lipinski definition) is 0. The van der Waals surface area contributed by atoms with Gasteiger partial charge in [0.2, 0.25) is 0 Å². The fourth-order valence-electron chi connectivity index (χ4n) is 1.32. The average molecular weight is 158 g/mol. The maximum Gasteiger partial charge on any atom is 0.158 e. The zero-order chi connectivity index (χ0) is 8.43. The minimum Gasteiger partial charge on any atom is -0.350 e. The summed E-state index contributed by atoms with van der Waals surface area (Å²) < 4.78 is 11.1. The third kappa shape index (κ3) is 2.46. The minimum atomic E-state index is 0.0417. The quantitative estimate of drug-likeness (QED) is 0.613. The van der Waals surface area contributed by atoms with Crippen LogP contribution in [0.1, 0.15) is 34.1 Å². The van der Waals surface area contributed by atoms with Gasteiger partial charge in [-0.25, -0.2) is 0 Å². The molecule has 2 heteroatoms. The van der Waals surface area contributed by atoms with E-state index in [1.165, 1.54) is 0 Å². The molecule has 0 spiro atoms. The first-order valence-corrected chi connectivity index (χ1v) is 4.40. The van der Waals surface area contributed by atoms with Gasteiger partial charge in [-0.1, -0.05) is 6.92 Å². The molecule has 0 N–H and O–H groups in total. The van der Waals surface area contributed by atoms with E-state index in [0.29, 0.717) is 12.0 Å². The highest BCUT2D eigenvalue weighted by molar-refractivity contribution is 4.71. The molecular weight excluding hydrogens is 140 g/mol. The van der Waals surface area contributed by atoms with Crippen LogP contribution in [0, 0.1) is 5.92 Å². The van der Waals surface area contributed by atoms with Gasteiger partial charge in [-0.15, -0.1) is 0 Å². The number of ether oxygens (including phenoxy) is 2. The molecule has 0 aromatic rings. The lowest BCUT2D eigenvalue weighted by molar-refractivity contribution is -0.150. The van der Waals surface area contributed by atoms with E-state index in [1.807, 2.05) is 13.8 Å². The van der Waals surface area contributed by atoms with E-state index < -0.39 is 0 Å². The van der Waals surface area contributed by atoms with Crippen molar-refractivity contribution in [1.29, 1.82) is 0 Å². The summed E-state index contributed by atoms with van der Waals surface area (Å²) in [5, 5.41) is 0. The Hall–Kier alpha value is -0.0800. The van der Waals surface area contributed by atoms with Crippen molar-refractivity contribution in [1.82, 2.24) is 0 Å². The maximum absolute atomic E-state index is 5.56. The molecular formula is C9H18O2. The van der Waals surface area contributed by atoms with E-state index >= 15 is 0 Å². The average Bonchev–Trinajstić information content (AvgIpc) is 2.10. The predicted octanol–water partition coefficient (Wildman–Crippen LogP) is 2.18. The molecule has 1 aliphatic rings. The number of rotatable bonds is 2. The third-order valence-corrected chi connectivity index (χ3v) is 2.16. The Labute approximate surface area is 68.9 Å². The van der Waals surface area contributed by atoms with Crippen molar-refractivity contribution in [3.8, 4) is 0 Å². The first-order chi connectivity index (χ1) is 5.09. The first-order valence-electron chi connectivity index (χ1n) is 4.40. The molecule has 1 saturated heterocycles. The van der Waals surface area contributed by atoms with Crippen molar-refractivity contribution in [2.45, 2.75) is 52.6 Å². The van der Waals surface area contributed by atoms with Gasteiger partial charge in [0.05, 0.1) is 12.2 Å². The highest BCUT2D eigenvalue weighted by atomic mass is 16.7. The summed E-state index contributed by atoms with van der Waals surface area (Å²) in [6, 6.07) is 0. The Kier molecular flexibility index (Phi) is 2.90. The van der Waals surface area contributed by atoms with E-state index in [1.54, 1.807) is 0 Å². The van der Waals surface area contributed by atoms with Crippen molar-refractivity contribution in [2.24, 2.45) is 5.92 Å². The normalized spacial score (nSPS) is 38.5. The minimum absolute atomic E-state index is 0.0417. The number of hydrogen-bond acceptors (Lipinski definition) is 2.